The van der Waals surface area contributed by atoms with Crippen LogP contribution in [0.5, 0.6) is 0 Å². The number of nitrogens with zero attached hydrogens (tertiary/aromatic N) is 1. The zero-order valence-corrected chi connectivity index (χ0v) is 10.9. The van der Waals surface area contributed by atoms with Gasteiger partial charge in [0.1, 0.15) is 0 Å². The van der Waals surface area contributed by atoms with Gasteiger partial charge in [-0.1, -0.05) is 30.3 Å². The van der Waals surface area contributed by atoms with Crippen molar-refractivity contribution in [3.63, 3.8) is 0 Å². The summed E-state index contributed by atoms with van der Waals surface area (Å²) in [7, 11) is 0. The summed E-state index contributed by atoms with van der Waals surface area (Å²) in [5.74, 6) is 0.327. The standard InChI is InChI=1S/C14H17NOS/c1-17-14-9-10-15(14)11-13(16)8-7-12-5-3-2-4-6-12/h2-6,9H,7-8,10-11H2,1H3. The Kier molecular flexibility index (Phi) is 4.26. The van der Waals surface area contributed by atoms with Gasteiger partial charge >= 0.3 is 0 Å². The highest BCUT2D eigenvalue weighted by atomic mass is 32.2. The minimum absolute atomic E-state index is 0.327. The minimum Gasteiger partial charge on any atom is -0.355 e. The first-order valence-electron chi connectivity index (χ1n) is 5.84. The second-order valence-electron chi connectivity index (χ2n) is 4.15. The molecule has 0 N–H and O–H groups in total. The molecule has 0 saturated heterocycles. The number of thioether (sulfide) groups is 1. The number of ketones is 1. The molecule has 1 heterocycles. The van der Waals surface area contributed by atoms with E-state index in [1.165, 1.54) is 10.6 Å². The number of aryl methyl sites for hydroxylation is 1. The van der Waals surface area contributed by atoms with Gasteiger partial charge in [0.05, 0.1) is 11.6 Å². The smallest absolute Gasteiger partial charge is 0.152 e. The average molecular weight is 247 g/mol. The van der Waals surface area contributed by atoms with Gasteiger partial charge in [-0.3, -0.25) is 4.79 Å². The molecule has 2 rings (SSSR count). The molecule has 1 aromatic carbocycles. The Labute approximate surface area is 107 Å². The molecule has 0 bridgehead atoms. The van der Waals surface area contributed by atoms with Crippen molar-refractivity contribution in [2.45, 2.75) is 12.8 Å². The monoisotopic (exact) mass is 247 g/mol. The van der Waals surface area contributed by atoms with Crippen LogP contribution in [0.1, 0.15) is 12.0 Å². The number of rotatable bonds is 6. The fourth-order valence-corrected chi connectivity index (χ4v) is 2.51. The van der Waals surface area contributed by atoms with Crippen LogP contribution in [0, 0.1) is 0 Å². The second-order valence-corrected chi connectivity index (χ2v) is 4.98. The van der Waals surface area contributed by atoms with Crippen molar-refractivity contribution < 1.29 is 4.79 Å². The van der Waals surface area contributed by atoms with Crippen molar-refractivity contribution in [2.75, 3.05) is 19.3 Å². The van der Waals surface area contributed by atoms with E-state index in [9.17, 15) is 4.79 Å². The summed E-state index contributed by atoms with van der Waals surface area (Å²) in [6.07, 6.45) is 5.70. The molecule has 0 spiro atoms. The highest BCUT2D eigenvalue weighted by Crippen LogP contribution is 2.24. The third kappa shape index (κ3) is 3.37. The van der Waals surface area contributed by atoms with Gasteiger partial charge in [0.15, 0.2) is 5.78 Å². The van der Waals surface area contributed by atoms with Crippen LogP contribution < -0.4 is 0 Å². The highest BCUT2D eigenvalue weighted by Gasteiger charge is 2.18. The molecule has 90 valence electrons. The van der Waals surface area contributed by atoms with Crippen LogP contribution in [0.3, 0.4) is 0 Å². The van der Waals surface area contributed by atoms with Gasteiger partial charge in [0, 0.05) is 13.0 Å². The molecule has 1 aliphatic rings. The minimum atomic E-state index is 0.327. The summed E-state index contributed by atoms with van der Waals surface area (Å²) in [6, 6.07) is 10.2. The van der Waals surface area contributed by atoms with Gasteiger partial charge in [0.25, 0.3) is 0 Å². The summed E-state index contributed by atoms with van der Waals surface area (Å²) < 4.78 is 0. The molecule has 0 aliphatic carbocycles. The van der Waals surface area contributed by atoms with Crippen molar-refractivity contribution in [3.8, 4) is 0 Å². The molecule has 0 atom stereocenters. The number of hydrogen-bond acceptors (Lipinski definition) is 3. The predicted octanol–water partition coefficient (Wildman–Crippen LogP) is 2.71. The molecular formula is C14H17NOS. The second kappa shape index (κ2) is 5.92. The zero-order chi connectivity index (χ0) is 12.1. The molecule has 0 saturated carbocycles. The summed E-state index contributed by atoms with van der Waals surface area (Å²) in [5, 5.41) is 1.23. The van der Waals surface area contributed by atoms with Crippen LogP contribution in [0.4, 0.5) is 0 Å². The molecule has 0 amide bonds. The van der Waals surface area contributed by atoms with Gasteiger partial charge in [-0.15, -0.1) is 11.8 Å². The molecule has 1 aromatic rings. The molecule has 1 aliphatic heterocycles. The first-order chi connectivity index (χ1) is 8.29. The van der Waals surface area contributed by atoms with Crippen molar-refractivity contribution in [1.82, 2.24) is 4.90 Å². The lowest BCUT2D eigenvalue weighted by Gasteiger charge is -2.31. The van der Waals surface area contributed by atoms with Crippen molar-refractivity contribution >= 4 is 17.5 Å². The van der Waals surface area contributed by atoms with Gasteiger partial charge < -0.3 is 4.90 Å². The van der Waals surface area contributed by atoms with Gasteiger partial charge in [-0.05, 0) is 24.3 Å². The summed E-state index contributed by atoms with van der Waals surface area (Å²) in [4.78, 5) is 13.9. The maximum Gasteiger partial charge on any atom is 0.152 e. The third-order valence-electron chi connectivity index (χ3n) is 2.91. The molecular weight excluding hydrogens is 230 g/mol. The third-order valence-corrected chi connectivity index (χ3v) is 3.75. The van der Waals surface area contributed by atoms with Crippen LogP contribution in [-0.2, 0) is 11.2 Å². The van der Waals surface area contributed by atoms with E-state index in [-0.39, 0.29) is 0 Å². The lowest BCUT2D eigenvalue weighted by atomic mass is 10.1. The molecule has 0 fully saturated rings. The van der Waals surface area contributed by atoms with E-state index in [2.05, 4.69) is 23.1 Å². The fraction of sp³-hybridized carbons (Fsp3) is 0.357. The summed E-state index contributed by atoms with van der Waals surface area (Å²) in [5.41, 5.74) is 1.24. The Hall–Kier alpha value is -1.22. The van der Waals surface area contributed by atoms with Crippen LogP contribution in [-0.4, -0.2) is 30.0 Å². The van der Waals surface area contributed by atoms with Crippen LogP contribution in [0.2, 0.25) is 0 Å². The number of benzene rings is 1. The number of Topliss-reactive ketones (excluding diaryl/α,β-unsaturated/α-hetero) is 1. The lowest BCUT2D eigenvalue weighted by Crippen LogP contribution is -2.34. The number of carbonyl (C=O) groups is 1. The molecule has 2 nitrogen and oxygen atoms in total. The highest BCUT2D eigenvalue weighted by molar-refractivity contribution is 8.02. The van der Waals surface area contributed by atoms with Gasteiger partial charge in [-0.2, -0.15) is 0 Å². The summed E-state index contributed by atoms with van der Waals surface area (Å²) in [6.45, 7) is 1.49. The Morgan fingerprint density at radius 3 is 2.71 bits per heavy atom. The Bertz CT molecular complexity index is 413. The number of carbonyl (C=O) groups excluding carboxylic acids is 1. The molecule has 17 heavy (non-hydrogen) atoms. The van der Waals surface area contributed by atoms with Crippen molar-refractivity contribution in [3.05, 3.63) is 47.0 Å². The van der Waals surface area contributed by atoms with Crippen LogP contribution in [0.25, 0.3) is 0 Å². The van der Waals surface area contributed by atoms with E-state index >= 15 is 0 Å². The molecule has 0 radical (unpaired) electrons. The first-order valence-corrected chi connectivity index (χ1v) is 7.07. The van der Waals surface area contributed by atoms with Crippen LogP contribution in [0.15, 0.2) is 41.4 Å². The normalized spacial score (nSPS) is 14.2. The van der Waals surface area contributed by atoms with Crippen molar-refractivity contribution in [2.24, 2.45) is 0 Å². The van der Waals surface area contributed by atoms with Crippen molar-refractivity contribution in [1.29, 1.82) is 0 Å². The quantitative estimate of drug-likeness (QED) is 0.771. The summed E-state index contributed by atoms with van der Waals surface area (Å²) >= 11 is 1.71. The molecule has 0 aromatic heterocycles. The van der Waals surface area contributed by atoms with E-state index in [1.807, 2.05) is 24.5 Å². The predicted molar refractivity (Wildman–Crippen MR) is 72.9 cm³/mol. The topological polar surface area (TPSA) is 20.3 Å². The lowest BCUT2D eigenvalue weighted by molar-refractivity contribution is -0.119. The maximum absolute atomic E-state index is 11.8. The fourth-order valence-electron chi connectivity index (χ4n) is 1.87. The van der Waals surface area contributed by atoms with E-state index < -0.39 is 0 Å². The SMILES string of the molecule is CSC1=CCN1CC(=O)CCc1ccccc1. The van der Waals surface area contributed by atoms with Gasteiger partial charge in [-0.25, -0.2) is 0 Å². The first kappa shape index (κ1) is 12.2. The molecule has 3 heteroatoms. The van der Waals surface area contributed by atoms with E-state index in [1.54, 1.807) is 11.8 Å². The van der Waals surface area contributed by atoms with Crippen LogP contribution >= 0.6 is 11.8 Å². The zero-order valence-electron chi connectivity index (χ0n) is 10.1. The van der Waals surface area contributed by atoms with Gasteiger partial charge in [0.2, 0.25) is 0 Å². The molecule has 0 unspecified atom stereocenters. The Balaban J connectivity index is 1.74. The van der Waals surface area contributed by atoms with E-state index in [4.69, 9.17) is 0 Å². The van der Waals surface area contributed by atoms with E-state index in [0.717, 1.165) is 13.0 Å². The van der Waals surface area contributed by atoms with E-state index in [0.29, 0.717) is 18.7 Å². The Morgan fingerprint density at radius 2 is 2.12 bits per heavy atom. The number of hydrogen-bond donors (Lipinski definition) is 0. The maximum atomic E-state index is 11.8. The Morgan fingerprint density at radius 1 is 1.35 bits per heavy atom. The average Bonchev–Trinajstić information content (AvgIpc) is 2.34. The largest absolute Gasteiger partial charge is 0.355 e.